The summed E-state index contributed by atoms with van der Waals surface area (Å²) in [4.78, 5) is 36.8. The Balaban J connectivity index is 1.14. The van der Waals surface area contributed by atoms with Crippen LogP contribution in [0.15, 0.2) is 42.9 Å². The quantitative estimate of drug-likeness (QED) is 0.467. The Kier molecular flexibility index (Phi) is 6.97. The topological polar surface area (TPSA) is 126 Å². The van der Waals surface area contributed by atoms with Crippen molar-refractivity contribution in [1.29, 1.82) is 0 Å². The highest BCUT2D eigenvalue weighted by molar-refractivity contribution is 5.94. The van der Waals surface area contributed by atoms with E-state index in [1.54, 1.807) is 9.58 Å². The van der Waals surface area contributed by atoms with E-state index in [0.717, 1.165) is 89.8 Å². The van der Waals surface area contributed by atoms with Crippen molar-refractivity contribution in [2.75, 3.05) is 31.5 Å². The molecule has 2 saturated heterocycles. The van der Waals surface area contributed by atoms with E-state index in [-0.39, 0.29) is 5.91 Å². The standard InChI is InChI=1S/C29H33N7O4/c1-18-28-25(33-29-23(17-40-28)22(5-9-30-29)20-14-31-34(2)15-20)13-24(32-18)19-6-10-35(11-7-19)21-8-12-36(16-21)26(37)3-4-27(38)39/h3-5,9,13-15,19,21H,6-8,10-12,16-17H2,1-2H3,(H,30,33)(H,38,39)/b4-3+/t21-/m1/s1. The molecule has 11 heteroatoms. The number of rotatable bonds is 5. The molecule has 0 aliphatic carbocycles. The first-order valence-electron chi connectivity index (χ1n) is 13.7. The summed E-state index contributed by atoms with van der Waals surface area (Å²) in [6.07, 6.45) is 10.6. The molecule has 0 bridgehead atoms. The predicted molar refractivity (Wildman–Crippen MR) is 148 cm³/mol. The van der Waals surface area contributed by atoms with Gasteiger partial charge in [0.1, 0.15) is 12.4 Å². The van der Waals surface area contributed by atoms with Gasteiger partial charge in [-0.05, 0) is 57.0 Å². The number of likely N-dealkylation sites (tertiary alicyclic amines) is 2. The van der Waals surface area contributed by atoms with Crippen LogP contribution in [0.3, 0.4) is 0 Å². The average Bonchev–Trinajstić information content (AvgIpc) is 3.57. The van der Waals surface area contributed by atoms with Gasteiger partial charge in [0.05, 0.1) is 17.6 Å². The fourth-order valence-electron chi connectivity index (χ4n) is 6.07. The summed E-state index contributed by atoms with van der Waals surface area (Å²) in [6, 6.07) is 4.41. The number of piperidine rings is 1. The molecule has 0 unspecified atom stereocenters. The number of aromatic nitrogens is 4. The van der Waals surface area contributed by atoms with Crippen LogP contribution in [0.4, 0.5) is 11.5 Å². The molecule has 3 aromatic heterocycles. The van der Waals surface area contributed by atoms with Crippen molar-refractivity contribution in [2.45, 2.75) is 44.8 Å². The molecule has 0 spiro atoms. The van der Waals surface area contributed by atoms with E-state index in [1.165, 1.54) is 0 Å². The number of anilines is 2. The molecule has 2 N–H and O–H groups in total. The third kappa shape index (κ3) is 5.16. The van der Waals surface area contributed by atoms with Crippen LogP contribution in [0, 0.1) is 6.92 Å². The second-order valence-electron chi connectivity index (χ2n) is 10.7. The second kappa shape index (κ2) is 10.7. The number of hydrogen-bond acceptors (Lipinski definition) is 8. The van der Waals surface area contributed by atoms with Crippen molar-refractivity contribution >= 4 is 23.4 Å². The van der Waals surface area contributed by atoms with E-state index in [0.29, 0.717) is 31.7 Å². The van der Waals surface area contributed by atoms with Gasteiger partial charge in [-0.3, -0.25) is 19.4 Å². The first kappa shape index (κ1) is 26.0. The fraction of sp³-hybridized carbons (Fsp3) is 0.414. The minimum absolute atomic E-state index is 0.234. The maximum absolute atomic E-state index is 12.3. The van der Waals surface area contributed by atoms with E-state index in [1.807, 2.05) is 38.6 Å². The van der Waals surface area contributed by atoms with E-state index in [4.69, 9.17) is 14.8 Å². The van der Waals surface area contributed by atoms with Gasteiger partial charge in [0.15, 0.2) is 5.75 Å². The lowest BCUT2D eigenvalue weighted by molar-refractivity contribution is -0.132. The van der Waals surface area contributed by atoms with Crippen LogP contribution in [0.25, 0.3) is 11.1 Å². The minimum atomic E-state index is -1.11. The summed E-state index contributed by atoms with van der Waals surface area (Å²) in [5.41, 5.74) is 5.86. The maximum atomic E-state index is 12.3. The number of fused-ring (bicyclic) bond motifs is 2. The Morgan fingerprint density at radius 1 is 1.18 bits per heavy atom. The Bertz CT molecular complexity index is 1480. The van der Waals surface area contributed by atoms with Crippen LogP contribution in [0.5, 0.6) is 5.75 Å². The number of ether oxygens (including phenoxy) is 1. The second-order valence-corrected chi connectivity index (χ2v) is 10.7. The zero-order valence-electron chi connectivity index (χ0n) is 22.7. The van der Waals surface area contributed by atoms with Gasteiger partial charge in [0.2, 0.25) is 5.91 Å². The highest BCUT2D eigenvalue weighted by Crippen LogP contribution is 2.40. The summed E-state index contributed by atoms with van der Waals surface area (Å²) in [5.74, 6) is 0.526. The molecule has 3 aromatic rings. The molecule has 3 aliphatic heterocycles. The monoisotopic (exact) mass is 543 g/mol. The number of nitrogens with one attached hydrogen (secondary N) is 1. The molecule has 3 aliphatic rings. The number of aryl methyl sites for hydroxylation is 2. The number of hydrogen-bond donors (Lipinski definition) is 2. The van der Waals surface area contributed by atoms with Crippen molar-refractivity contribution in [2.24, 2.45) is 7.05 Å². The zero-order chi connectivity index (χ0) is 27.8. The van der Waals surface area contributed by atoms with E-state index >= 15 is 0 Å². The lowest BCUT2D eigenvalue weighted by Crippen LogP contribution is -2.43. The van der Waals surface area contributed by atoms with Gasteiger partial charge in [-0.25, -0.2) is 9.78 Å². The van der Waals surface area contributed by atoms with Crippen LogP contribution in [-0.4, -0.2) is 78.8 Å². The highest BCUT2D eigenvalue weighted by atomic mass is 16.5. The largest absolute Gasteiger partial charge is 0.485 e. The van der Waals surface area contributed by atoms with Gasteiger partial charge in [-0.15, -0.1) is 0 Å². The van der Waals surface area contributed by atoms with Gasteiger partial charge in [0.25, 0.3) is 0 Å². The number of aliphatic carboxylic acids is 1. The number of carbonyl (C=O) groups is 2. The third-order valence-electron chi connectivity index (χ3n) is 8.16. The van der Waals surface area contributed by atoms with Crippen LogP contribution in [0.1, 0.15) is 42.1 Å². The SMILES string of the molecule is Cc1nc(C2CCN([C@@H]3CCN(C(=O)/C=C/C(=O)O)C3)CC2)cc2c1OCc1c(-c3cnn(C)c3)ccnc1N2. The van der Waals surface area contributed by atoms with E-state index < -0.39 is 5.97 Å². The summed E-state index contributed by atoms with van der Waals surface area (Å²) < 4.78 is 8.08. The molecule has 1 amide bonds. The Morgan fingerprint density at radius 2 is 2.00 bits per heavy atom. The van der Waals surface area contributed by atoms with E-state index in [9.17, 15) is 9.59 Å². The lowest BCUT2D eigenvalue weighted by atomic mass is 9.91. The molecular formula is C29H33N7O4. The number of nitrogens with zero attached hydrogens (tertiary/aromatic N) is 6. The van der Waals surface area contributed by atoms with Crippen LogP contribution in [0.2, 0.25) is 0 Å². The molecule has 0 aromatic carbocycles. The van der Waals surface area contributed by atoms with Crippen LogP contribution >= 0.6 is 0 Å². The number of amides is 1. The summed E-state index contributed by atoms with van der Waals surface area (Å²) in [7, 11) is 1.90. The first-order valence-corrected chi connectivity index (χ1v) is 13.7. The molecule has 0 radical (unpaired) electrons. The summed E-state index contributed by atoms with van der Waals surface area (Å²) >= 11 is 0. The Hall–Kier alpha value is -4.25. The summed E-state index contributed by atoms with van der Waals surface area (Å²) in [5, 5.41) is 16.6. The first-order chi connectivity index (χ1) is 19.4. The van der Waals surface area contributed by atoms with E-state index in [2.05, 4.69) is 26.4 Å². The molecule has 1 atom stereocenters. The molecule has 0 saturated carbocycles. The number of carboxylic acid groups (broad SMARTS) is 1. The Labute approximate surface area is 232 Å². The van der Waals surface area contributed by atoms with Crippen LogP contribution < -0.4 is 10.1 Å². The lowest BCUT2D eigenvalue weighted by Gasteiger charge is -2.36. The van der Waals surface area contributed by atoms with Gasteiger partial charge < -0.3 is 20.1 Å². The number of carboxylic acids is 1. The molecule has 2 fully saturated rings. The maximum Gasteiger partial charge on any atom is 0.328 e. The molecule has 208 valence electrons. The van der Waals surface area contributed by atoms with Crippen molar-refractivity contribution in [1.82, 2.24) is 29.5 Å². The van der Waals surface area contributed by atoms with Crippen molar-refractivity contribution in [3.8, 4) is 16.9 Å². The third-order valence-corrected chi connectivity index (χ3v) is 8.16. The predicted octanol–water partition coefficient (Wildman–Crippen LogP) is 3.24. The molecular weight excluding hydrogens is 510 g/mol. The molecule has 40 heavy (non-hydrogen) atoms. The molecule has 6 rings (SSSR count). The van der Waals surface area contributed by atoms with Crippen LogP contribution in [-0.2, 0) is 23.2 Å². The smallest absolute Gasteiger partial charge is 0.328 e. The number of carbonyl (C=O) groups excluding carboxylic acids is 1. The van der Waals surface area contributed by atoms with Gasteiger partial charge in [-0.2, -0.15) is 5.10 Å². The average molecular weight is 544 g/mol. The van der Waals surface area contributed by atoms with Gasteiger partial charge in [-0.1, -0.05) is 0 Å². The summed E-state index contributed by atoms with van der Waals surface area (Å²) in [6.45, 7) is 5.54. The zero-order valence-corrected chi connectivity index (χ0v) is 22.7. The Morgan fingerprint density at radius 3 is 2.75 bits per heavy atom. The highest BCUT2D eigenvalue weighted by Gasteiger charge is 2.33. The van der Waals surface area contributed by atoms with Crippen molar-refractivity contribution in [3.63, 3.8) is 0 Å². The normalized spacial score (nSPS) is 19.6. The van der Waals surface area contributed by atoms with Gasteiger partial charge >= 0.3 is 5.97 Å². The molecule has 6 heterocycles. The fourth-order valence-corrected chi connectivity index (χ4v) is 6.07. The molecule has 11 nitrogen and oxygen atoms in total. The van der Waals surface area contributed by atoms with Gasteiger partial charge in [0, 0.05) is 73.5 Å². The minimum Gasteiger partial charge on any atom is -0.485 e. The number of pyridine rings is 2. The van der Waals surface area contributed by atoms with Crippen molar-refractivity contribution in [3.05, 3.63) is 59.8 Å². The van der Waals surface area contributed by atoms with Crippen molar-refractivity contribution < 1.29 is 19.4 Å².